The predicted octanol–water partition coefficient (Wildman–Crippen LogP) is 4.84. The number of benzene rings is 2. The van der Waals surface area contributed by atoms with Crippen LogP contribution < -0.4 is 10.6 Å². The highest BCUT2D eigenvalue weighted by molar-refractivity contribution is 7.13. The number of hydrogen-bond acceptors (Lipinski definition) is 7. The first-order valence-corrected chi connectivity index (χ1v) is 11.0. The molecule has 1 amide bonds. The summed E-state index contributed by atoms with van der Waals surface area (Å²) < 4.78 is 1.61. The number of nitrogens with zero attached hydrogens (tertiary/aromatic N) is 4. The van der Waals surface area contributed by atoms with E-state index in [4.69, 9.17) is 0 Å². The Kier molecular flexibility index (Phi) is 5.19. The van der Waals surface area contributed by atoms with Gasteiger partial charge in [-0.25, -0.2) is 4.68 Å². The fourth-order valence-electron chi connectivity index (χ4n) is 3.79. The zero-order valence-electron chi connectivity index (χ0n) is 17.4. The van der Waals surface area contributed by atoms with E-state index in [-0.39, 0.29) is 11.6 Å². The molecule has 4 aromatic rings. The molecule has 10 heteroatoms. The second-order valence-electron chi connectivity index (χ2n) is 7.42. The van der Waals surface area contributed by atoms with Gasteiger partial charge in [0.25, 0.3) is 11.6 Å². The van der Waals surface area contributed by atoms with Crippen molar-refractivity contribution < 1.29 is 9.72 Å². The van der Waals surface area contributed by atoms with Crippen molar-refractivity contribution in [1.82, 2.24) is 14.8 Å². The average molecular weight is 459 g/mol. The summed E-state index contributed by atoms with van der Waals surface area (Å²) in [6.45, 7) is 1.78. The first-order valence-electron chi connectivity index (χ1n) is 10.1. The Balaban J connectivity index is 1.63. The van der Waals surface area contributed by atoms with Gasteiger partial charge in [0, 0.05) is 23.5 Å². The lowest BCUT2D eigenvalue weighted by molar-refractivity contribution is -0.384. The molecule has 164 valence electrons. The number of nitro groups is 1. The van der Waals surface area contributed by atoms with E-state index < -0.39 is 11.0 Å². The summed E-state index contributed by atoms with van der Waals surface area (Å²) in [7, 11) is 0. The van der Waals surface area contributed by atoms with Crippen molar-refractivity contribution in [2.24, 2.45) is 0 Å². The Hall–Kier alpha value is -4.31. The molecule has 33 heavy (non-hydrogen) atoms. The smallest absolute Gasteiger partial charge is 0.269 e. The lowest BCUT2D eigenvalue weighted by Crippen LogP contribution is -2.31. The number of carbonyl (C=O) groups excluding carboxylic acids is 1. The highest BCUT2D eigenvalue weighted by Crippen LogP contribution is 2.38. The van der Waals surface area contributed by atoms with Crippen LogP contribution in [0.15, 0.2) is 83.4 Å². The number of thiophene rings is 1. The van der Waals surface area contributed by atoms with Crippen molar-refractivity contribution in [3.05, 3.63) is 99.1 Å². The van der Waals surface area contributed by atoms with E-state index in [1.807, 2.05) is 35.7 Å². The van der Waals surface area contributed by atoms with Crippen LogP contribution in [0.2, 0.25) is 0 Å². The zero-order valence-corrected chi connectivity index (χ0v) is 18.2. The summed E-state index contributed by atoms with van der Waals surface area (Å²) in [5.41, 5.74) is 2.13. The van der Waals surface area contributed by atoms with E-state index in [2.05, 4.69) is 20.7 Å². The molecule has 5 rings (SSSR count). The molecule has 1 aliphatic rings. The Morgan fingerprint density at radius 2 is 1.97 bits per heavy atom. The summed E-state index contributed by atoms with van der Waals surface area (Å²) in [5, 5.41) is 24.1. The van der Waals surface area contributed by atoms with Crippen LogP contribution in [0, 0.1) is 10.1 Å². The van der Waals surface area contributed by atoms with Gasteiger partial charge in [-0.05, 0) is 36.1 Å². The van der Waals surface area contributed by atoms with Crippen LogP contribution in [-0.2, 0) is 4.79 Å². The quantitative estimate of drug-likeness (QED) is 0.327. The Labute approximate surface area is 192 Å². The van der Waals surface area contributed by atoms with Gasteiger partial charge < -0.3 is 10.6 Å². The SMILES string of the molecule is CC1=C(C(=O)Nc2ccccc2)C(c2cccc([N+](=O)[O-])c2)n2nc(-c3cccs3)nc2N1. The first kappa shape index (κ1) is 20.6. The highest BCUT2D eigenvalue weighted by Gasteiger charge is 2.35. The Morgan fingerprint density at radius 1 is 1.15 bits per heavy atom. The van der Waals surface area contributed by atoms with Crippen molar-refractivity contribution in [2.45, 2.75) is 13.0 Å². The van der Waals surface area contributed by atoms with Crippen molar-refractivity contribution >= 4 is 34.6 Å². The Morgan fingerprint density at radius 3 is 2.70 bits per heavy atom. The summed E-state index contributed by atoms with van der Waals surface area (Å²) in [6.07, 6.45) is 0. The van der Waals surface area contributed by atoms with Crippen molar-refractivity contribution in [1.29, 1.82) is 0 Å². The van der Waals surface area contributed by atoms with Gasteiger partial charge in [-0.2, -0.15) is 4.98 Å². The van der Waals surface area contributed by atoms with Gasteiger partial charge >= 0.3 is 0 Å². The van der Waals surface area contributed by atoms with E-state index in [0.717, 1.165) is 4.88 Å². The third kappa shape index (κ3) is 3.87. The summed E-state index contributed by atoms with van der Waals surface area (Å²) >= 11 is 1.50. The van der Waals surface area contributed by atoms with Gasteiger partial charge in [-0.1, -0.05) is 36.4 Å². The number of anilines is 2. The maximum atomic E-state index is 13.4. The molecule has 0 spiro atoms. The van der Waals surface area contributed by atoms with Crippen molar-refractivity contribution in [3.63, 3.8) is 0 Å². The lowest BCUT2D eigenvalue weighted by atomic mass is 9.94. The lowest BCUT2D eigenvalue weighted by Gasteiger charge is -2.28. The van der Waals surface area contributed by atoms with Gasteiger partial charge in [0.15, 0.2) is 5.82 Å². The number of non-ortho nitro benzene ring substituents is 1. The van der Waals surface area contributed by atoms with Crippen LogP contribution in [0.3, 0.4) is 0 Å². The summed E-state index contributed by atoms with van der Waals surface area (Å²) in [4.78, 5) is 29.9. The second kappa shape index (κ2) is 8.32. The largest absolute Gasteiger partial charge is 0.328 e. The maximum Gasteiger partial charge on any atom is 0.269 e. The van der Waals surface area contributed by atoms with E-state index in [1.165, 1.54) is 23.5 Å². The zero-order chi connectivity index (χ0) is 22.9. The molecule has 2 aromatic heterocycles. The molecule has 9 nitrogen and oxygen atoms in total. The minimum Gasteiger partial charge on any atom is -0.328 e. The summed E-state index contributed by atoms with van der Waals surface area (Å²) in [5.74, 6) is 0.644. The average Bonchev–Trinajstić information content (AvgIpc) is 3.48. The second-order valence-corrected chi connectivity index (χ2v) is 8.37. The van der Waals surface area contributed by atoms with Crippen LogP contribution in [0.1, 0.15) is 18.5 Å². The van der Waals surface area contributed by atoms with Gasteiger partial charge in [0.1, 0.15) is 6.04 Å². The monoisotopic (exact) mass is 458 g/mol. The van der Waals surface area contributed by atoms with E-state index >= 15 is 0 Å². The number of nitrogens with one attached hydrogen (secondary N) is 2. The first-order chi connectivity index (χ1) is 16.0. The van der Waals surface area contributed by atoms with Crippen LogP contribution in [0.5, 0.6) is 0 Å². The molecule has 1 unspecified atom stereocenters. The highest BCUT2D eigenvalue weighted by atomic mass is 32.1. The number of carbonyl (C=O) groups is 1. The molecule has 0 bridgehead atoms. The van der Waals surface area contributed by atoms with Crippen LogP contribution in [0.25, 0.3) is 10.7 Å². The van der Waals surface area contributed by atoms with Crippen molar-refractivity contribution in [2.75, 3.05) is 10.6 Å². The van der Waals surface area contributed by atoms with E-state index in [9.17, 15) is 14.9 Å². The third-order valence-electron chi connectivity index (χ3n) is 5.27. The minimum atomic E-state index is -0.703. The maximum absolute atomic E-state index is 13.4. The number of aromatic nitrogens is 3. The summed E-state index contributed by atoms with van der Waals surface area (Å²) in [6, 6.07) is 18.5. The number of para-hydroxylation sites is 1. The molecular weight excluding hydrogens is 440 g/mol. The molecule has 0 saturated carbocycles. The van der Waals surface area contributed by atoms with E-state index in [1.54, 1.807) is 35.9 Å². The van der Waals surface area contributed by atoms with Gasteiger partial charge in [0.2, 0.25) is 5.95 Å². The molecule has 1 aliphatic heterocycles. The van der Waals surface area contributed by atoms with Crippen molar-refractivity contribution in [3.8, 4) is 10.7 Å². The molecule has 1 atom stereocenters. The molecule has 0 aliphatic carbocycles. The molecule has 3 heterocycles. The van der Waals surface area contributed by atoms with Crippen LogP contribution >= 0.6 is 11.3 Å². The standard InChI is InChI=1S/C23H18N6O3S/c1-14-19(22(30)25-16-8-3-2-4-9-16)20(15-7-5-10-17(13-15)29(31)32)28-23(24-14)26-21(27-28)18-11-6-12-33-18/h2-13,20H,1H3,(H,25,30)(H,24,26,27). The normalized spacial score (nSPS) is 15.0. The molecule has 2 N–H and O–H groups in total. The fourth-order valence-corrected chi connectivity index (χ4v) is 4.44. The molecule has 0 fully saturated rings. The van der Waals surface area contributed by atoms with Gasteiger partial charge in [-0.3, -0.25) is 14.9 Å². The third-order valence-corrected chi connectivity index (χ3v) is 6.13. The topological polar surface area (TPSA) is 115 Å². The van der Waals surface area contributed by atoms with E-state index in [0.29, 0.717) is 34.3 Å². The fraction of sp³-hybridized carbons (Fsp3) is 0.0870. The molecule has 2 aromatic carbocycles. The molecular formula is C23H18N6O3S. The molecule has 0 radical (unpaired) electrons. The van der Waals surface area contributed by atoms with Crippen LogP contribution in [-0.4, -0.2) is 25.6 Å². The number of amides is 1. The van der Waals surface area contributed by atoms with Gasteiger partial charge in [0.05, 0.1) is 15.4 Å². The number of hydrogen-bond donors (Lipinski definition) is 2. The van der Waals surface area contributed by atoms with Crippen LogP contribution in [0.4, 0.5) is 17.3 Å². The molecule has 0 saturated heterocycles. The number of nitro benzene ring substituents is 1. The van der Waals surface area contributed by atoms with Gasteiger partial charge in [-0.15, -0.1) is 16.4 Å². The number of fused-ring (bicyclic) bond motifs is 1. The Bertz CT molecular complexity index is 1380. The number of allylic oxidation sites excluding steroid dienone is 1. The minimum absolute atomic E-state index is 0.0633. The number of rotatable bonds is 5. The predicted molar refractivity (Wildman–Crippen MR) is 126 cm³/mol.